The molecule has 1 fully saturated rings. The lowest BCUT2D eigenvalue weighted by Crippen LogP contribution is -2.17. The monoisotopic (exact) mass is 281 g/mol. The smallest absolute Gasteiger partial charge is 0.311 e. The molecular formula is C12H15N3O5. The summed E-state index contributed by atoms with van der Waals surface area (Å²) in [6.45, 7) is 0.961. The number of nitrogens with zero attached hydrogens (tertiary/aromatic N) is 2. The van der Waals surface area contributed by atoms with Crippen molar-refractivity contribution in [3.8, 4) is 5.75 Å². The van der Waals surface area contributed by atoms with Gasteiger partial charge in [0, 0.05) is 18.2 Å². The topological polar surface area (TPSA) is 120 Å². The van der Waals surface area contributed by atoms with Crippen LogP contribution < -0.4 is 10.5 Å². The molecule has 0 spiro atoms. The van der Waals surface area contributed by atoms with Crippen molar-refractivity contribution >= 4 is 11.5 Å². The lowest BCUT2D eigenvalue weighted by Gasteiger charge is -2.12. The van der Waals surface area contributed by atoms with Gasteiger partial charge in [-0.05, 0) is 25.0 Å². The number of hydrogen-bond donors (Lipinski definition) is 2. The van der Waals surface area contributed by atoms with E-state index in [0.29, 0.717) is 6.61 Å². The fourth-order valence-corrected chi connectivity index (χ4v) is 1.96. The van der Waals surface area contributed by atoms with Crippen molar-refractivity contribution in [3.05, 3.63) is 33.9 Å². The Balaban J connectivity index is 2.16. The van der Waals surface area contributed by atoms with Gasteiger partial charge in [0.05, 0.1) is 11.0 Å². The number of ether oxygens (including phenoxy) is 2. The molecule has 0 aliphatic carbocycles. The standard InChI is InChI=1S/C12H15N3O5/c13-12(14-16)8-3-4-11(10(6-8)15(17)18)20-7-9-2-1-5-19-9/h3-4,6,9,16H,1-2,5,7H2,(H2,13,14). The second kappa shape index (κ2) is 6.20. The van der Waals surface area contributed by atoms with Gasteiger partial charge in [-0.25, -0.2) is 0 Å². The van der Waals surface area contributed by atoms with Gasteiger partial charge in [-0.15, -0.1) is 0 Å². The summed E-state index contributed by atoms with van der Waals surface area (Å²) in [6, 6.07) is 4.13. The van der Waals surface area contributed by atoms with Crippen LogP contribution in [0.1, 0.15) is 18.4 Å². The van der Waals surface area contributed by atoms with Crippen LogP contribution in [0.2, 0.25) is 0 Å². The fraction of sp³-hybridized carbons (Fsp3) is 0.417. The predicted molar refractivity (Wildman–Crippen MR) is 70.1 cm³/mol. The van der Waals surface area contributed by atoms with Gasteiger partial charge < -0.3 is 20.4 Å². The fourth-order valence-electron chi connectivity index (χ4n) is 1.96. The van der Waals surface area contributed by atoms with Gasteiger partial charge in [0.1, 0.15) is 6.61 Å². The minimum atomic E-state index is -0.570. The zero-order valence-corrected chi connectivity index (χ0v) is 10.7. The number of benzene rings is 1. The normalized spacial score (nSPS) is 19.0. The van der Waals surface area contributed by atoms with E-state index in [4.69, 9.17) is 20.4 Å². The molecule has 1 saturated heterocycles. The second-order valence-corrected chi connectivity index (χ2v) is 4.37. The Morgan fingerprint density at radius 1 is 1.65 bits per heavy atom. The Morgan fingerprint density at radius 2 is 2.45 bits per heavy atom. The molecule has 0 aromatic heterocycles. The molecule has 0 bridgehead atoms. The predicted octanol–water partition coefficient (Wildman–Crippen LogP) is 1.25. The summed E-state index contributed by atoms with van der Waals surface area (Å²) in [5.74, 6) is -0.0567. The Hall–Kier alpha value is -2.35. The minimum Gasteiger partial charge on any atom is -0.484 e. The molecule has 0 radical (unpaired) electrons. The van der Waals surface area contributed by atoms with Gasteiger partial charge in [-0.1, -0.05) is 5.16 Å². The van der Waals surface area contributed by atoms with Crippen molar-refractivity contribution in [2.24, 2.45) is 10.9 Å². The lowest BCUT2D eigenvalue weighted by molar-refractivity contribution is -0.385. The molecule has 1 aliphatic heterocycles. The Morgan fingerprint density at radius 3 is 3.05 bits per heavy atom. The number of nitro groups is 1. The van der Waals surface area contributed by atoms with E-state index in [1.54, 1.807) is 0 Å². The highest BCUT2D eigenvalue weighted by atomic mass is 16.6. The third-order valence-corrected chi connectivity index (χ3v) is 3.01. The molecule has 1 unspecified atom stereocenters. The van der Waals surface area contributed by atoms with E-state index in [-0.39, 0.29) is 35.5 Å². The van der Waals surface area contributed by atoms with Gasteiger partial charge in [0.15, 0.2) is 11.6 Å². The van der Waals surface area contributed by atoms with E-state index in [9.17, 15) is 10.1 Å². The Kier molecular flexibility index (Phi) is 4.36. The molecule has 1 atom stereocenters. The van der Waals surface area contributed by atoms with Crippen LogP contribution in [0.3, 0.4) is 0 Å². The molecule has 20 heavy (non-hydrogen) atoms. The molecule has 108 valence electrons. The minimum absolute atomic E-state index is 0.0293. The molecule has 8 nitrogen and oxygen atoms in total. The molecule has 1 heterocycles. The van der Waals surface area contributed by atoms with Gasteiger partial charge in [0.25, 0.3) is 0 Å². The maximum absolute atomic E-state index is 11.0. The highest BCUT2D eigenvalue weighted by molar-refractivity contribution is 5.97. The largest absolute Gasteiger partial charge is 0.484 e. The first-order chi connectivity index (χ1) is 9.61. The average molecular weight is 281 g/mol. The lowest BCUT2D eigenvalue weighted by atomic mass is 10.1. The van der Waals surface area contributed by atoms with E-state index in [1.165, 1.54) is 18.2 Å². The van der Waals surface area contributed by atoms with Crippen molar-refractivity contribution in [1.82, 2.24) is 0 Å². The number of nitro benzene ring substituents is 1. The zero-order chi connectivity index (χ0) is 14.5. The summed E-state index contributed by atoms with van der Waals surface area (Å²) in [5, 5.41) is 22.4. The van der Waals surface area contributed by atoms with Gasteiger partial charge >= 0.3 is 5.69 Å². The van der Waals surface area contributed by atoms with Crippen LogP contribution in [-0.2, 0) is 4.74 Å². The van der Waals surface area contributed by atoms with E-state index < -0.39 is 4.92 Å². The molecule has 3 N–H and O–H groups in total. The van der Waals surface area contributed by atoms with Crippen LogP contribution in [0, 0.1) is 10.1 Å². The summed E-state index contributed by atoms with van der Waals surface area (Å²) >= 11 is 0. The van der Waals surface area contributed by atoms with Crippen molar-refractivity contribution in [2.75, 3.05) is 13.2 Å². The van der Waals surface area contributed by atoms with Crippen LogP contribution in [0.5, 0.6) is 5.75 Å². The zero-order valence-electron chi connectivity index (χ0n) is 10.7. The first kappa shape index (κ1) is 14.1. The molecule has 8 heteroatoms. The highest BCUT2D eigenvalue weighted by Gasteiger charge is 2.21. The Labute approximate surface area is 114 Å². The van der Waals surface area contributed by atoms with Crippen molar-refractivity contribution < 1.29 is 19.6 Å². The molecular weight excluding hydrogens is 266 g/mol. The second-order valence-electron chi connectivity index (χ2n) is 4.37. The number of nitrogens with two attached hydrogens (primary N) is 1. The summed E-state index contributed by atoms with van der Waals surface area (Å²) in [6.07, 6.45) is 1.83. The van der Waals surface area contributed by atoms with Crippen molar-refractivity contribution in [3.63, 3.8) is 0 Å². The molecule has 1 aromatic rings. The third kappa shape index (κ3) is 3.15. The van der Waals surface area contributed by atoms with Crippen LogP contribution in [0.15, 0.2) is 23.4 Å². The number of amidine groups is 1. The average Bonchev–Trinajstić information content (AvgIpc) is 2.97. The molecule has 0 saturated carbocycles. The summed E-state index contributed by atoms with van der Waals surface area (Å²) < 4.78 is 10.8. The SMILES string of the molecule is NC(=NO)c1ccc(OCC2CCCO2)c([N+](=O)[O-])c1. The van der Waals surface area contributed by atoms with Crippen LogP contribution in [0.25, 0.3) is 0 Å². The van der Waals surface area contributed by atoms with Crippen LogP contribution in [-0.4, -0.2) is 35.3 Å². The number of oxime groups is 1. The van der Waals surface area contributed by atoms with Crippen molar-refractivity contribution in [1.29, 1.82) is 0 Å². The van der Waals surface area contributed by atoms with Crippen LogP contribution in [0.4, 0.5) is 5.69 Å². The number of rotatable bonds is 5. The first-order valence-electron chi connectivity index (χ1n) is 6.12. The van der Waals surface area contributed by atoms with E-state index in [1.807, 2.05) is 0 Å². The maximum Gasteiger partial charge on any atom is 0.311 e. The molecule has 1 aromatic carbocycles. The quantitative estimate of drug-likeness (QED) is 0.275. The highest BCUT2D eigenvalue weighted by Crippen LogP contribution is 2.28. The van der Waals surface area contributed by atoms with Gasteiger partial charge in [-0.2, -0.15) is 0 Å². The first-order valence-corrected chi connectivity index (χ1v) is 6.12. The molecule has 0 amide bonds. The molecule has 1 aliphatic rings. The van der Waals surface area contributed by atoms with Gasteiger partial charge in [0.2, 0.25) is 0 Å². The van der Waals surface area contributed by atoms with E-state index >= 15 is 0 Å². The summed E-state index contributed by atoms with van der Waals surface area (Å²) in [4.78, 5) is 10.5. The number of hydrogen-bond acceptors (Lipinski definition) is 6. The Bertz CT molecular complexity index is 526. The third-order valence-electron chi connectivity index (χ3n) is 3.01. The molecule has 2 rings (SSSR count). The van der Waals surface area contributed by atoms with E-state index in [2.05, 4.69) is 5.16 Å². The maximum atomic E-state index is 11.0. The summed E-state index contributed by atoms with van der Waals surface area (Å²) in [7, 11) is 0. The van der Waals surface area contributed by atoms with Crippen molar-refractivity contribution in [2.45, 2.75) is 18.9 Å². The van der Waals surface area contributed by atoms with E-state index in [0.717, 1.165) is 12.8 Å². The van der Waals surface area contributed by atoms with Crippen LogP contribution >= 0.6 is 0 Å². The summed E-state index contributed by atoms with van der Waals surface area (Å²) in [5.41, 5.74) is 5.43. The van der Waals surface area contributed by atoms with Gasteiger partial charge in [-0.3, -0.25) is 10.1 Å².